The second-order valence-electron chi connectivity index (χ2n) is 6.32. The summed E-state index contributed by atoms with van der Waals surface area (Å²) in [5.74, 6) is 0.0910. The number of nitrogens with one attached hydrogen (secondary N) is 1. The monoisotopic (exact) mass is 286 g/mol. The first-order chi connectivity index (χ1) is 9.90. The molecule has 0 saturated heterocycles. The highest BCUT2D eigenvalue weighted by molar-refractivity contribution is 5.67. The van der Waals surface area contributed by atoms with Gasteiger partial charge in [0, 0.05) is 6.54 Å². The Morgan fingerprint density at radius 3 is 2.48 bits per heavy atom. The van der Waals surface area contributed by atoms with Gasteiger partial charge in [-0.3, -0.25) is 14.3 Å². The van der Waals surface area contributed by atoms with Gasteiger partial charge in [0.2, 0.25) is 5.88 Å². The molecule has 21 heavy (non-hydrogen) atoms. The van der Waals surface area contributed by atoms with Crippen molar-refractivity contribution < 1.29 is 5.11 Å². The Labute approximate surface area is 121 Å². The molecule has 0 spiro atoms. The van der Waals surface area contributed by atoms with Crippen LogP contribution in [-0.4, -0.2) is 14.7 Å². The van der Waals surface area contributed by atoms with Crippen LogP contribution >= 0.6 is 0 Å². The van der Waals surface area contributed by atoms with Crippen LogP contribution in [0.2, 0.25) is 0 Å². The molecule has 1 heterocycles. The number of nitrogens with zero attached hydrogens (tertiary/aromatic N) is 1. The molecule has 1 atom stereocenters. The smallest absolute Gasteiger partial charge is 0.331 e. The molecule has 3 rings (SSSR count). The highest BCUT2D eigenvalue weighted by Crippen LogP contribution is 2.52. The molecule has 1 fully saturated rings. The summed E-state index contributed by atoms with van der Waals surface area (Å²) < 4.78 is 1.27. The quantitative estimate of drug-likeness (QED) is 0.905. The Morgan fingerprint density at radius 2 is 1.90 bits per heavy atom. The third kappa shape index (κ3) is 2.39. The third-order valence-electron chi connectivity index (χ3n) is 4.35. The maximum Gasteiger partial charge on any atom is 0.331 e. The lowest BCUT2D eigenvalue weighted by Gasteiger charge is -2.12. The number of aromatic hydroxyl groups is 1. The summed E-state index contributed by atoms with van der Waals surface area (Å²) in [6, 6.07) is 8.87. The average Bonchev–Trinajstić information content (AvgIpc) is 3.03. The van der Waals surface area contributed by atoms with Gasteiger partial charge in [-0.2, -0.15) is 0 Å². The minimum atomic E-state index is -0.560. The van der Waals surface area contributed by atoms with Gasteiger partial charge in [0.05, 0.1) is 0 Å². The summed E-state index contributed by atoms with van der Waals surface area (Å²) in [5.41, 5.74) is -0.182. The van der Waals surface area contributed by atoms with Gasteiger partial charge in [-0.05, 0) is 23.3 Å². The van der Waals surface area contributed by atoms with Gasteiger partial charge in [-0.1, -0.05) is 44.2 Å². The van der Waals surface area contributed by atoms with Crippen molar-refractivity contribution in [2.75, 3.05) is 0 Å². The molecular weight excluding hydrogens is 268 g/mol. The number of benzene rings is 1. The lowest BCUT2D eigenvalue weighted by molar-refractivity contribution is 0.381. The molecule has 1 aliphatic rings. The van der Waals surface area contributed by atoms with E-state index in [2.05, 4.69) is 18.8 Å². The van der Waals surface area contributed by atoms with Crippen LogP contribution in [0.1, 0.15) is 20.3 Å². The molecule has 2 aromatic rings. The van der Waals surface area contributed by atoms with Gasteiger partial charge in [0.1, 0.15) is 5.56 Å². The molecule has 1 aromatic carbocycles. The molecule has 1 aromatic heterocycles. The van der Waals surface area contributed by atoms with Gasteiger partial charge >= 0.3 is 5.69 Å². The highest BCUT2D eigenvalue weighted by Gasteiger charge is 2.46. The summed E-state index contributed by atoms with van der Waals surface area (Å²) in [5, 5.41) is 10.4. The molecule has 0 bridgehead atoms. The van der Waals surface area contributed by atoms with Crippen LogP contribution in [-0.2, 0) is 6.54 Å². The molecule has 5 heteroatoms. The Morgan fingerprint density at radius 1 is 1.29 bits per heavy atom. The van der Waals surface area contributed by atoms with Crippen LogP contribution in [0, 0.1) is 11.3 Å². The summed E-state index contributed by atoms with van der Waals surface area (Å²) in [6.45, 7) is 4.68. The summed E-state index contributed by atoms with van der Waals surface area (Å²) in [4.78, 5) is 26.3. The fourth-order valence-corrected chi connectivity index (χ4v) is 2.70. The molecule has 5 nitrogen and oxygen atoms in total. The first-order valence-electron chi connectivity index (χ1n) is 7.01. The number of hydrogen-bond acceptors (Lipinski definition) is 3. The second-order valence-corrected chi connectivity index (χ2v) is 6.32. The Kier molecular flexibility index (Phi) is 3.01. The van der Waals surface area contributed by atoms with E-state index in [0.29, 0.717) is 18.0 Å². The standard InChI is InChI=1S/C16H18N2O3/c1-16(2)8-11(16)9-18-14(20)12(13(19)17-15(18)21)10-6-4-3-5-7-10/h3-7,11,20H,8-9H2,1-2H3,(H,17,19,21). The molecule has 0 aliphatic heterocycles. The van der Waals surface area contributed by atoms with Crippen LogP contribution in [0.15, 0.2) is 39.9 Å². The number of aromatic amines is 1. The van der Waals surface area contributed by atoms with Crippen molar-refractivity contribution in [2.45, 2.75) is 26.8 Å². The maximum atomic E-state index is 12.0. The van der Waals surface area contributed by atoms with E-state index in [4.69, 9.17) is 0 Å². The van der Waals surface area contributed by atoms with E-state index in [9.17, 15) is 14.7 Å². The zero-order valence-corrected chi connectivity index (χ0v) is 12.1. The van der Waals surface area contributed by atoms with Gasteiger partial charge < -0.3 is 5.11 Å². The Hall–Kier alpha value is -2.30. The molecular formula is C16H18N2O3. The van der Waals surface area contributed by atoms with Crippen LogP contribution in [0.5, 0.6) is 5.88 Å². The normalized spacial score (nSPS) is 19.4. The first kappa shape index (κ1) is 13.7. The SMILES string of the molecule is CC1(C)CC1Cn1c(O)c(-c2ccccc2)c(=O)[nH]c1=O. The lowest BCUT2D eigenvalue weighted by Crippen LogP contribution is -2.31. The van der Waals surface area contributed by atoms with E-state index in [1.807, 2.05) is 6.07 Å². The van der Waals surface area contributed by atoms with Crippen molar-refractivity contribution >= 4 is 0 Å². The Bertz CT molecular complexity index is 787. The van der Waals surface area contributed by atoms with Gasteiger partial charge in [-0.25, -0.2) is 4.79 Å². The molecule has 1 unspecified atom stereocenters. The molecule has 1 aliphatic carbocycles. The predicted molar refractivity (Wildman–Crippen MR) is 80.3 cm³/mol. The fourth-order valence-electron chi connectivity index (χ4n) is 2.70. The maximum absolute atomic E-state index is 12.0. The third-order valence-corrected chi connectivity index (χ3v) is 4.35. The van der Waals surface area contributed by atoms with E-state index in [-0.39, 0.29) is 16.9 Å². The first-order valence-corrected chi connectivity index (χ1v) is 7.01. The molecule has 2 N–H and O–H groups in total. The number of aromatic nitrogens is 2. The average molecular weight is 286 g/mol. The van der Waals surface area contributed by atoms with Crippen molar-refractivity contribution in [3.05, 3.63) is 51.2 Å². The van der Waals surface area contributed by atoms with E-state index in [0.717, 1.165) is 6.42 Å². The minimum Gasteiger partial charge on any atom is -0.494 e. The topological polar surface area (TPSA) is 75.1 Å². The number of hydrogen-bond donors (Lipinski definition) is 2. The van der Waals surface area contributed by atoms with E-state index >= 15 is 0 Å². The summed E-state index contributed by atoms with van der Waals surface area (Å²) in [6.07, 6.45) is 1.01. The second kappa shape index (κ2) is 4.62. The van der Waals surface area contributed by atoms with Crippen LogP contribution in [0.4, 0.5) is 0 Å². The van der Waals surface area contributed by atoms with E-state index < -0.39 is 11.2 Å². The summed E-state index contributed by atoms with van der Waals surface area (Å²) in [7, 11) is 0. The molecule has 0 radical (unpaired) electrons. The van der Waals surface area contributed by atoms with E-state index in [1.165, 1.54) is 4.57 Å². The zero-order valence-electron chi connectivity index (χ0n) is 12.1. The molecule has 1 saturated carbocycles. The van der Waals surface area contributed by atoms with Crippen LogP contribution in [0.25, 0.3) is 11.1 Å². The van der Waals surface area contributed by atoms with Crippen molar-refractivity contribution in [3.63, 3.8) is 0 Å². The minimum absolute atomic E-state index is 0.147. The Balaban J connectivity index is 2.10. The molecule has 110 valence electrons. The van der Waals surface area contributed by atoms with Crippen molar-refractivity contribution in [1.29, 1.82) is 0 Å². The van der Waals surface area contributed by atoms with Crippen molar-refractivity contribution in [1.82, 2.24) is 9.55 Å². The highest BCUT2D eigenvalue weighted by atomic mass is 16.3. The van der Waals surface area contributed by atoms with Crippen LogP contribution in [0.3, 0.4) is 0 Å². The summed E-state index contributed by atoms with van der Waals surface area (Å²) >= 11 is 0. The predicted octanol–water partition coefficient (Wildman–Crippen LogP) is 1.96. The van der Waals surface area contributed by atoms with Gasteiger partial charge in [0.25, 0.3) is 5.56 Å². The van der Waals surface area contributed by atoms with Crippen molar-refractivity contribution in [3.8, 4) is 17.0 Å². The van der Waals surface area contributed by atoms with Gasteiger partial charge in [-0.15, -0.1) is 0 Å². The number of rotatable bonds is 3. The lowest BCUT2D eigenvalue weighted by atomic mass is 10.1. The van der Waals surface area contributed by atoms with Crippen molar-refractivity contribution in [2.24, 2.45) is 11.3 Å². The fraction of sp³-hybridized carbons (Fsp3) is 0.375. The van der Waals surface area contributed by atoms with Gasteiger partial charge in [0.15, 0.2) is 0 Å². The van der Waals surface area contributed by atoms with E-state index in [1.54, 1.807) is 24.3 Å². The zero-order chi connectivity index (χ0) is 15.2. The largest absolute Gasteiger partial charge is 0.494 e. The van der Waals surface area contributed by atoms with Crippen LogP contribution < -0.4 is 11.2 Å². The number of H-pyrrole nitrogens is 1. The molecule has 0 amide bonds.